The van der Waals surface area contributed by atoms with Crippen LogP contribution in [0.1, 0.15) is 25.7 Å². The molecule has 0 saturated carbocycles. The van der Waals surface area contributed by atoms with Crippen molar-refractivity contribution in [1.29, 1.82) is 0 Å². The summed E-state index contributed by atoms with van der Waals surface area (Å²) in [7, 11) is 0.511. The van der Waals surface area contributed by atoms with Gasteiger partial charge < -0.3 is 14.2 Å². The molecule has 1 aliphatic rings. The molecule has 0 aliphatic carbocycles. The SMILES string of the molecule is O=C(OCCC(Cl)Cl)C(=O)OC1([SiH3])CCCCO1. The highest BCUT2D eigenvalue weighted by Gasteiger charge is 2.34. The van der Waals surface area contributed by atoms with Gasteiger partial charge in [0.1, 0.15) is 4.84 Å². The largest absolute Gasteiger partial charge is 0.457 e. The number of ether oxygens (including phenoxy) is 3. The highest BCUT2D eigenvalue weighted by Crippen LogP contribution is 2.23. The topological polar surface area (TPSA) is 61.8 Å². The van der Waals surface area contributed by atoms with Gasteiger partial charge in [-0.25, -0.2) is 9.59 Å². The molecule has 1 saturated heterocycles. The molecule has 1 heterocycles. The molecule has 0 bridgehead atoms. The lowest BCUT2D eigenvalue weighted by Crippen LogP contribution is -2.43. The molecule has 0 spiro atoms. The molecule has 1 unspecified atom stereocenters. The van der Waals surface area contributed by atoms with Gasteiger partial charge in [0.25, 0.3) is 0 Å². The van der Waals surface area contributed by atoms with Crippen LogP contribution >= 0.6 is 23.2 Å². The lowest BCUT2D eigenvalue weighted by atomic mass is 10.2. The molecule has 5 nitrogen and oxygen atoms in total. The zero-order valence-electron chi connectivity index (χ0n) is 10.1. The van der Waals surface area contributed by atoms with Gasteiger partial charge in [-0.05, 0) is 12.8 Å². The number of carbonyl (C=O) groups is 2. The Labute approximate surface area is 118 Å². The van der Waals surface area contributed by atoms with Crippen LogP contribution < -0.4 is 0 Å². The highest BCUT2D eigenvalue weighted by atomic mass is 35.5. The summed E-state index contributed by atoms with van der Waals surface area (Å²) in [5.41, 5.74) is -0.893. The van der Waals surface area contributed by atoms with E-state index in [-0.39, 0.29) is 13.0 Å². The predicted molar refractivity (Wildman–Crippen MR) is 69.6 cm³/mol. The van der Waals surface area contributed by atoms with E-state index in [0.29, 0.717) is 23.3 Å². The Bertz CT molecular complexity index is 305. The summed E-state index contributed by atoms with van der Waals surface area (Å²) in [6, 6.07) is 0. The minimum absolute atomic E-state index is 0.0133. The second-order valence-electron chi connectivity index (χ2n) is 4.14. The molecule has 0 aromatic carbocycles. The Hall–Kier alpha value is -0.303. The van der Waals surface area contributed by atoms with E-state index in [9.17, 15) is 9.59 Å². The second-order valence-corrected chi connectivity index (χ2v) is 6.95. The van der Waals surface area contributed by atoms with Crippen LogP contribution in [0.2, 0.25) is 0 Å². The fourth-order valence-electron chi connectivity index (χ4n) is 1.53. The molecule has 0 aromatic rings. The quantitative estimate of drug-likeness (QED) is 0.327. The third-order valence-corrected chi connectivity index (χ3v) is 3.91. The Morgan fingerprint density at radius 2 is 2.06 bits per heavy atom. The molecule has 0 amide bonds. The second kappa shape index (κ2) is 7.33. The average molecular weight is 315 g/mol. The molecule has 104 valence electrons. The molecule has 0 radical (unpaired) electrons. The summed E-state index contributed by atoms with van der Waals surface area (Å²) in [4.78, 5) is 22.2. The van der Waals surface area contributed by atoms with E-state index in [0.717, 1.165) is 12.8 Å². The lowest BCUT2D eigenvalue weighted by molar-refractivity contribution is -0.211. The summed E-state index contributed by atoms with van der Waals surface area (Å²) >= 11 is 10.9. The van der Waals surface area contributed by atoms with Crippen LogP contribution in [-0.2, 0) is 23.8 Å². The number of esters is 2. The zero-order chi connectivity index (χ0) is 13.6. The number of alkyl halides is 2. The first-order chi connectivity index (χ1) is 8.43. The molecule has 0 aromatic heterocycles. The van der Waals surface area contributed by atoms with Crippen molar-refractivity contribution in [3.05, 3.63) is 0 Å². The van der Waals surface area contributed by atoms with E-state index >= 15 is 0 Å². The minimum Gasteiger partial charge on any atom is -0.457 e. The molecule has 8 heteroatoms. The summed E-state index contributed by atoms with van der Waals surface area (Å²) in [6.07, 6.45) is 2.76. The molecule has 1 atom stereocenters. The van der Waals surface area contributed by atoms with Crippen molar-refractivity contribution in [2.45, 2.75) is 35.9 Å². The van der Waals surface area contributed by atoms with E-state index in [1.54, 1.807) is 0 Å². The van der Waals surface area contributed by atoms with Crippen LogP contribution in [-0.4, -0.2) is 45.6 Å². The van der Waals surface area contributed by atoms with Gasteiger partial charge in [-0.3, -0.25) is 0 Å². The van der Waals surface area contributed by atoms with E-state index in [1.807, 2.05) is 0 Å². The van der Waals surface area contributed by atoms with Crippen molar-refractivity contribution >= 4 is 45.4 Å². The van der Waals surface area contributed by atoms with Gasteiger partial charge in [-0.1, -0.05) is 0 Å². The molecular weight excluding hydrogens is 299 g/mol. The van der Waals surface area contributed by atoms with Crippen molar-refractivity contribution in [1.82, 2.24) is 0 Å². The van der Waals surface area contributed by atoms with E-state index in [2.05, 4.69) is 4.74 Å². The van der Waals surface area contributed by atoms with Crippen molar-refractivity contribution in [3.63, 3.8) is 0 Å². The monoisotopic (exact) mass is 314 g/mol. The summed E-state index contributed by atoms with van der Waals surface area (Å²) in [6.45, 7) is 0.534. The maximum absolute atomic E-state index is 11.5. The Kier molecular flexibility index (Phi) is 6.41. The lowest BCUT2D eigenvalue weighted by Gasteiger charge is -2.33. The van der Waals surface area contributed by atoms with Gasteiger partial charge in [-0.2, -0.15) is 0 Å². The highest BCUT2D eigenvalue weighted by molar-refractivity contribution is 6.44. The van der Waals surface area contributed by atoms with Crippen LogP contribution in [0.15, 0.2) is 0 Å². The molecule has 1 fully saturated rings. The van der Waals surface area contributed by atoms with Gasteiger partial charge in [0, 0.05) is 12.8 Å². The number of hydrogen-bond donors (Lipinski definition) is 0. The first-order valence-corrected chi connectivity index (χ1v) is 7.62. The molecular formula is C10H16Cl2O5Si. The Balaban J connectivity index is 2.32. The Morgan fingerprint density at radius 3 is 2.61 bits per heavy atom. The first-order valence-electron chi connectivity index (χ1n) is 5.75. The van der Waals surface area contributed by atoms with Crippen LogP contribution in [0.3, 0.4) is 0 Å². The van der Waals surface area contributed by atoms with Crippen LogP contribution in [0.4, 0.5) is 0 Å². The average Bonchev–Trinajstić information content (AvgIpc) is 2.28. The molecule has 18 heavy (non-hydrogen) atoms. The van der Waals surface area contributed by atoms with Crippen LogP contribution in [0.25, 0.3) is 0 Å². The van der Waals surface area contributed by atoms with Crippen molar-refractivity contribution in [3.8, 4) is 0 Å². The van der Waals surface area contributed by atoms with E-state index in [1.165, 1.54) is 0 Å². The fraction of sp³-hybridized carbons (Fsp3) is 0.800. The summed E-state index contributed by atoms with van der Waals surface area (Å²) in [5.74, 6) is -2.05. The summed E-state index contributed by atoms with van der Waals surface area (Å²) in [5, 5.41) is 0. The fourth-order valence-corrected chi connectivity index (χ4v) is 2.45. The molecule has 1 aliphatic heterocycles. The normalized spacial score (nSPS) is 23.9. The Morgan fingerprint density at radius 1 is 1.33 bits per heavy atom. The van der Waals surface area contributed by atoms with Gasteiger partial charge in [-0.15, -0.1) is 23.2 Å². The van der Waals surface area contributed by atoms with Crippen LogP contribution in [0.5, 0.6) is 0 Å². The number of rotatable bonds is 4. The summed E-state index contributed by atoms with van der Waals surface area (Å²) < 4.78 is 15.1. The third kappa shape index (κ3) is 5.56. The maximum atomic E-state index is 11.5. The molecule has 1 rings (SSSR count). The van der Waals surface area contributed by atoms with Gasteiger partial charge in [0.05, 0.1) is 23.5 Å². The van der Waals surface area contributed by atoms with E-state index < -0.39 is 22.2 Å². The van der Waals surface area contributed by atoms with Gasteiger partial charge in [0.2, 0.25) is 0 Å². The maximum Gasteiger partial charge on any atom is 0.419 e. The van der Waals surface area contributed by atoms with Crippen LogP contribution in [0, 0.1) is 0 Å². The van der Waals surface area contributed by atoms with Gasteiger partial charge in [0.15, 0.2) is 5.41 Å². The standard InChI is InChI=1S/C10H16Cl2O5Si/c11-7(12)3-6-15-8(13)9(14)17-10(18)4-1-2-5-16-10/h7H,1-6H2,18H3. The smallest absolute Gasteiger partial charge is 0.419 e. The minimum atomic E-state index is -1.03. The zero-order valence-corrected chi connectivity index (χ0v) is 13.6. The third-order valence-electron chi connectivity index (χ3n) is 2.48. The predicted octanol–water partition coefficient (Wildman–Crippen LogP) is 0.486. The number of carbonyl (C=O) groups excluding carboxylic acids is 2. The van der Waals surface area contributed by atoms with Gasteiger partial charge >= 0.3 is 11.9 Å². The number of halogens is 2. The van der Waals surface area contributed by atoms with Crippen molar-refractivity contribution in [2.24, 2.45) is 0 Å². The van der Waals surface area contributed by atoms with Crippen molar-refractivity contribution < 1.29 is 23.8 Å². The molecule has 0 N–H and O–H groups in total. The van der Waals surface area contributed by atoms with Crippen molar-refractivity contribution in [2.75, 3.05) is 13.2 Å². The first kappa shape index (κ1) is 15.8. The van der Waals surface area contributed by atoms with E-state index in [4.69, 9.17) is 32.7 Å². The number of hydrogen-bond acceptors (Lipinski definition) is 5.